The van der Waals surface area contributed by atoms with E-state index >= 15 is 0 Å². The predicted molar refractivity (Wildman–Crippen MR) is 109 cm³/mol. The van der Waals surface area contributed by atoms with Crippen molar-refractivity contribution in [1.29, 1.82) is 0 Å². The Morgan fingerprint density at radius 1 is 1.00 bits per heavy atom. The van der Waals surface area contributed by atoms with Crippen LogP contribution in [0.2, 0.25) is 0 Å². The third kappa shape index (κ3) is 3.36. The van der Waals surface area contributed by atoms with E-state index < -0.39 is 0 Å². The summed E-state index contributed by atoms with van der Waals surface area (Å²) in [7, 11) is 0. The van der Waals surface area contributed by atoms with Crippen LogP contribution in [0.3, 0.4) is 0 Å². The van der Waals surface area contributed by atoms with Crippen molar-refractivity contribution >= 4 is 5.91 Å². The lowest BCUT2D eigenvalue weighted by Crippen LogP contribution is -2.33. The average molecular weight is 402 g/mol. The first kappa shape index (κ1) is 18.2. The Kier molecular flexibility index (Phi) is 4.59. The Balaban J connectivity index is 1.35. The van der Waals surface area contributed by atoms with Crippen LogP contribution in [0.4, 0.5) is 4.39 Å². The minimum atomic E-state index is -0.360. The van der Waals surface area contributed by atoms with Crippen molar-refractivity contribution in [2.75, 3.05) is 13.1 Å². The Hall–Kier alpha value is -3.81. The van der Waals surface area contributed by atoms with Gasteiger partial charge in [-0.3, -0.25) is 9.89 Å². The summed E-state index contributed by atoms with van der Waals surface area (Å²) in [6, 6.07) is 16.0. The minimum Gasteiger partial charge on any atom is -0.336 e. The highest BCUT2D eigenvalue weighted by Gasteiger charge is 2.25. The van der Waals surface area contributed by atoms with Gasteiger partial charge < -0.3 is 4.90 Å². The second-order valence-electron chi connectivity index (χ2n) is 7.15. The zero-order chi connectivity index (χ0) is 20.5. The first-order valence-corrected chi connectivity index (χ1v) is 9.77. The van der Waals surface area contributed by atoms with E-state index in [0.29, 0.717) is 48.7 Å². The number of fused-ring (bicyclic) bond motifs is 1. The number of benzene rings is 2. The molecule has 0 unspecified atom stereocenters. The molecule has 2 aromatic carbocycles. The number of hydrogen-bond acceptors (Lipinski definition) is 4. The predicted octanol–water partition coefficient (Wildman–Crippen LogP) is 3.17. The molecule has 30 heavy (non-hydrogen) atoms. The average Bonchev–Trinajstić information content (AvgIpc) is 3.37. The van der Waals surface area contributed by atoms with Crippen molar-refractivity contribution in [2.45, 2.75) is 13.0 Å². The fourth-order valence-corrected chi connectivity index (χ4v) is 3.70. The minimum absolute atomic E-state index is 0.142. The molecule has 7 nitrogen and oxygen atoms in total. The maximum absolute atomic E-state index is 13.6. The van der Waals surface area contributed by atoms with Gasteiger partial charge in [0, 0.05) is 30.6 Å². The molecule has 0 saturated carbocycles. The zero-order valence-corrected chi connectivity index (χ0v) is 16.1. The number of amides is 1. The molecule has 150 valence electrons. The van der Waals surface area contributed by atoms with Gasteiger partial charge in [0.1, 0.15) is 11.6 Å². The number of nitrogens with one attached hydrogen (secondary N) is 1. The van der Waals surface area contributed by atoms with E-state index in [1.54, 1.807) is 17.0 Å². The van der Waals surface area contributed by atoms with Crippen LogP contribution in [0.15, 0.2) is 60.8 Å². The summed E-state index contributed by atoms with van der Waals surface area (Å²) in [5.41, 5.74) is 2.51. The number of carbonyl (C=O) groups excluding carboxylic acids is 1. The van der Waals surface area contributed by atoms with Crippen molar-refractivity contribution in [1.82, 2.24) is 29.9 Å². The Labute approximate surface area is 172 Å². The van der Waals surface area contributed by atoms with Crippen LogP contribution in [0.1, 0.15) is 16.2 Å². The number of hydrogen-bond donors (Lipinski definition) is 1. The number of carbonyl (C=O) groups is 1. The molecular formula is C22H19FN6O. The van der Waals surface area contributed by atoms with Crippen LogP contribution >= 0.6 is 0 Å². The fraction of sp³-hybridized carbons (Fsp3) is 0.182. The molecule has 0 fully saturated rings. The monoisotopic (exact) mass is 402 g/mol. The van der Waals surface area contributed by atoms with Crippen LogP contribution in [0, 0.1) is 5.82 Å². The largest absolute Gasteiger partial charge is 0.336 e. The number of rotatable bonds is 3. The molecule has 2 aromatic heterocycles. The summed E-state index contributed by atoms with van der Waals surface area (Å²) < 4.78 is 15.5. The van der Waals surface area contributed by atoms with Gasteiger partial charge in [0.05, 0.1) is 24.0 Å². The van der Waals surface area contributed by atoms with E-state index in [9.17, 15) is 9.18 Å². The molecular weight excluding hydrogens is 383 g/mol. The number of halogens is 1. The normalized spacial score (nSPS) is 13.7. The fourth-order valence-electron chi connectivity index (χ4n) is 3.70. The van der Waals surface area contributed by atoms with Gasteiger partial charge in [0.25, 0.3) is 5.91 Å². The van der Waals surface area contributed by atoms with Crippen molar-refractivity contribution in [2.24, 2.45) is 0 Å². The summed E-state index contributed by atoms with van der Waals surface area (Å²) in [6.45, 7) is 1.60. The van der Waals surface area contributed by atoms with Gasteiger partial charge in [-0.25, -0.2) is 14.1 Å². The third-order valence-electron chi connectivity index (χ3n) is 5.24. The number of H-pyrrole nitrogens is 1. The summed E-state index contributed by atoms with van der Waals surface area (Å²) in [5.74, 6) is 1.06. The van der Waals surface area contributed by atoms with E-state index in [-0.39, 0.29) is 11.7 Å². The lowest BCUT2D eigenvalue weighted by Gasteiger charge is -2.19. The molecule has 1 N–H and O–H groups in total. The third-order valence-corrected chi connectivity index (χ3v) is 5.24. The summed E-state index contributed by atoms with van der Waals surface area (Å²) in [5, 5.41) is 11.5. The molecule has 4 aromatic rings. The second-order valence-corrected chi connectivity index (χ2v) is 7.15. The molecule has 1 aliphatic heterocycles. The van der Waals surface area contributed by atoms with E-state index in [1.165, 1.54) is 18.3 Å². The first-order valence-electron chi connectivity index (χ1n) is 9.77. The van der Waals surface area contributed by atoms with E-state index in [4.69, 9.17) is 0 Å². The molecule has 5 rings (SSSR count). The van der Waals surface area contributed by atoms with Crippen molar-refractivity contribution < 1.29 is 9.18 Å². The van der Waals surface area contributed by atoms with Gasteiger partial charge in [0.15, 0.2) is 5.82 Å². The topological polar surface area (TPSA) is 79.7 Å². The number of aromatic amines is 1. The molecule has 0 spiro atoms. The Morgan fingerprint density at radius 2 is 1.83 bits per heavy atom. The smallest absolute Gasteiger partial charge is 0.257 e. The summed E-state index contributed by atoms with van der Waals surface area (Å²) in [6.07, 6.45) is 2.11. The lowest BCUT2D eigenvalue weighted by molar-refractivity contribution is 0.0759. The Morgan fingerprint density at radius 3 is 2.67 bits per heavy atom. The van der Waals surface area contributed by atoms with Crippen LogP contribution in [-0.4, -0.2) is 48.9 Å². The number of aromatic nitrogens is 5. The molecule has 0 saturated heterocycles. The van der Waals surface area contributed by atoms with Gasteiger partial charge in [-0.2, -0.15) is 10.2 Å². The van der Waals surface area contributed by atoms with E-state index in [0.717, 1.165) is 11.4 Å². The second kappa shape index (κ2) is 7.55. The molecule has 0 atom stereocenters. The molecule has 0 bridgehead atoms. The van der Waals surface area contributed by atoms with Crippen molar-refractivity contribution in [3.63, 3.8) is 0 Å². The van der Waals surface area contributed by atoms with Gasteiger partial charge >= 0.3 is 0 Å². The zero-order valence-electron chi connectivity index (χ0n) is 16.1. The summed E-state index contributed by atoms with van der Waals surface area (Å²) >= 11 is 0. The highest BCUT2D eigenvalue weighted by molar-refractivity contribution is 5.99. The maximum atomic E-state index is 13.6. The van der Waals surface area contributed by atoms with Crippen molar-refractivity contribution in [3.8, 4) is 22.6 Å². The van der Waals surface area contributed by atoms with Crippen molar-refractivity contribution in [3.05, 3.63) is 78.0 Å². The van der Waals surface area contributed by atoms with Gasteiger partial charge in [-0.15, -0.1) is 0 Å². The standard InChI is InChI=1S/C22H19FN6O/c23-17-8-4-7-16(13-17)20-18(14-24-26-20)22(30)28-10-9-19-25-21(27-29(19)12-11-28)15-5-2-1-3-6-15/h1-8,13-14H,9-12H2,(H,24,26). The molecule has 3 heterocycles. The van der Waals surface area contributed by atoms with E-state index in [1.807, 2.05) is 35.0 Å². The van der Waals surface area contributed by atoms with Crippen LogP contribution in [0.25, 0.3) is 22.6 Å². The van der Waals surface area contributed by atoms with Crippen LogP contribution < -0.4 is 0 Å². The molecule has 0 aliphatic carbocycles. The van der Waals surface area contributed by atoms with Gasteiger partial charge in [0.2, 0.25) is 0 Å². The quantitative estimate of drug-likeness (QED) is 0.571. The molecule has 1 aliphatic rings. The van der Waals surface area contributed by atoms with Crippen LogP contribution in [-0.2, 0) is 13.0 Å². The number of nitrogens with zero attached hydrogens (tertiary/aromatic N) is 5. The first-order chi connectivity index (χ1) is 14.7. The van der Waals surface area contributed by atoms with Gasteiger partial charge in [-0.1, -0.05) is 42.5 Å². The highest BCUT2D eigenvalue weighted by atomic mass is 19.1. The lowest BCUT2D eigenvalue weighted by atomic mass is 10.1. The maximum Gasteiger partial charge on any atom is 0.257 e. The molecule has 0 radical (unpaired) electrons. The molecule has 8 heteroatoms. The van der Waals surface area contributed by atoms with Crippen LogP contribution in [0.5, 0.6) is 0 Å². The SMILES string of the molecule is O=C(c1cn[nH]c1-c1cccc(F)c1)N1CCc2nc(-c3ccccc3)nn2CC1. The Bertz CT molecular complexity index is 1170. The molecule has 1 amide bonds. The van der Waals surface area contributed by atoms with E-state index in [2.05, 4.69) is 20.3 Å². The highest BCUT2D eigenvalue weighted by Crippen LogP contribution is 2.24. The van der Waals surface area contributed by atoms with Gasteiger partial charge in [-0.05, 0) is 12.1 Å². The summed E-state index contributed by atoms with van der Waals surface area (Å²) in [4.78, 5) is 19.6.